The predicted octanol–water partition coefficient (Wildman–Crippen LogP) is 22.5. The van der Waals surface area contributed by atoms with Gasteiger partial charge in [0.25, 0.3) is 7.82 Å². The van der Waals surface area contributed by atoms with Gasteiger partial charge >= 0.3 is 5.97 Å². The molecule has 496 valence electrons. The van der Waals surface area contributed by atoms with Gasteiger partial charge < -0.3 is 28.5 Å². The van der Waals surface area contributed by atoms with Gasteiger partial charge in [0, 0.05) is 12.8 Å². The number of allylic oxidation sites excluding steroid dienone is 11. The minimum atomic E-state index is -4.71. The molecule has 0 rings (SSSR count). The largest absolute Gasteiger partial charge is 0.756 e. The number of quaternary nitrogens is 1. The van der Waals surface area contributed by atoms with E-state index >= 15 is 0 Å². The van der Waals surface area contributed by atoms with Gasteiger partial charge in [-0.1, -0.05) is 299 Å². The maximum absolute atomic E-state index is 13.6. The second-order valence-electron chi connectivity index (χ2n) is 25.7. The lowest BCUT2D eigenvalue weighted by Gasteiger charge is -2.30. The Balaban J connectivity index is 5.05. The molecule has 0 saturated carbocycles. The Morgan fingerprint density at radius 2 is 0.718 bits per heavy atom. The summed E-state index contributed by atoms with van der Waals surface area (Å²) in [5, 5.41) is 3.05. The lowest BCUT2D eigenvalue weighted by molar-refractivity contribution is -0.870. The van der Waals surface area contributed by atoms with Crippen molar-refractivity contribution in [3.8, 4) is 0 Å². The van der Waals surface area contributed by atoms with Gasteiger partial charge in [0.05, 0.1) is 33.8 Å². The number of esters is 1. The first-order chi connectivity index (χ1) is 41.4. The molecule has 0 aromatic rings. The zero-order valence-electron chi connectivity index (χ0n) is 56.8. The van der Waals surface area contributed by atoms with E-state index < -0.39 is 26.6 Å². The Morgan fingerprint density at radius 3 is 1.09 bits per heavy atom. The molecule has 3 atom stereocenters. The van der Waals surface area contributed by atoms with Gasteiger partial charge in [-0.2, -0.15) is 0 Å². The van der Waals surface area contributed by atoms with Crippen LogP contribution < -0.4 is 10.2 Å². The first-order valence-corrected chi connectivity index (χ1v) is 37.7. The van der Waals surface area contributed by atoms with Gasteiger partial charge in [-0.25, -0.2) is 0 Å². The summed E-state index contributed by atoms with van der Waals surface area (Å²) in [6, 6.07) is -0.896. The number of nitrogens with one attached hydrogen (secondary N) is 1. The molecule has 0 aliphatic rings. The van der Waals surface area contributed by atoms with Crippen LogP contribution in [-0.4, -0.2) is 69.4 Å². The van der Waals surface area contributed by atoms with Crippen LogP contribution in [0.5, 0.6) is 0 Å². The molecular formula is C75H139N2O7P. The molecule has 0 aromatic carbocycles. The van der Waals surface area contributed by atoms with Crippen LogP contribution in [0.25, 0.3) is 0 Å². The van der Waals surface area contributed by atoms with Crippen LogP contribution in [-0.2, 0) is 27.9 Å². The second kappa shape index (κ2) is 64.4. The Morgan fingerprint density at radius 1 is 0.412 bits per heavy atom. The van der Waals surface area contributed by atoms with Crippen LogP contribution in [0.4, 0.5) is 0 Å². The van der Waals surface area contributed by atoms with E-state index in [9.17, 15) is 19.0 Å². The molecule has 0 aromatic heterocycles. The highest BCUT2D eigenvalue weighted by atomic mass is 31.2. The number of amides is 1. The van der Waals surface area contributed by atoms with Crippen LogP contribution in [0.1, 0.15) is 342 Å². The van der Waals surface area contributed by atoms with Crippen molar-refractivity contribution in [3.63, 3.8) is 0 Å². The fourth-order valence-corrected chi connectivity index (χ4v) is 11.2. The third-order valence-electron chi connectivity index (χ3n) is 16.1. The van der Waals surface area contributed by atoms with Gasteiger partial charge in [-0.15, -0.1) is 0 Å². The van der Waals surface area contributed by atoms with Gasteiger partial charge in [0.15, 0.2) is 0 Å². The molecule has 0 spiro atoms. The molecule has 0 radical (unpaired) electrons. The molecule has 0 saturated heterocycles. The lowest BCUT2D eigenvalue weighted by Crippen LogP contribution is -2.47. The molecule has 0 fully saturated rings. The summed E-state index contributed by atoms with van der Waals surface area (Å²) in [6.45, 7) is 6.82. The lowest BCUT2D eigenvalue weighted by atomic mass is 10.0. The van der Waals surface area contributed by atoms with Crippen molar-refractivity contribution in [1.82, 2.24) is 5.32 Å². The van der Waals surface area contributed by atoms with Crippen molar-refractivity contribution >= 4 is 19.7 Å². The maximum atomic E-state index is 13.6. The average molecular weight is 1210 g/mol. The number of hydrogen-bond donors (Lipinski definition) is 1. The number of ether oxygens (including phenoxy) is 1. The first kappa shape index (κ1) is 82.5. The Hall–Kier alpha value is -2.55. The molecule has 10 heteroatoms. The highest BCUT2D eigenvalue weighted by Crippen LogP contribution is 2.38. The highest BCUT2D eigenvalue weighted by molar-refractivity contribution is 7.45. The standard InChI is InChI=1S/C75H139N2O7P/c1-7-10-13-16-19-22-25-28-30-32-34-35-36-37-38-39-40-41-43-44-46-49-52-55-58-61-64-67-74(78)76-72(71-83-85(80,81)82-70-69-77(4,5)6)73(66-63-60-57-54-51-48-27-24-21-18-15-12-9-3)84-75(79)68-65-62-59-56-53-50-47-45-42-33-31-29-26-23-20-17-14-11-8-2/h19-20,22-23,28-31,42,45,63,66,72-73H,7-18,21,24-27,32-41,43-44,46-62,64-65,67-71H2,1-6H3,(H-,76,78,80,81)/b22-19-,23-20-,30-28-,31-29-,45-42-,66-63-. The molecule has 1 amide bonds. The Kier molecular flexibility index (Phi) is 62.5. The zero-order valence-corrected chi connectivity index (χ0v) is 57.7. The van der Waals surface area contributed by atoms with Crippen molar-refractivity contribution in [2.45, 2.75) is 354 Å². The summed E-state index contributed by atoms with van der Waals surface area (Å²) in [5.74, 6) is -0.544. The van der Waals surface area contributed by atoms with Crippen molar-refractivity contribution in [3.05, 3.63) is 72.9 Å². The van der Waals surface area contributed by atoms with Gasteiger partial charge in [0.1, 0.15) is 19.3 Å². The minimum Gasteiger partial charge on any atom is -0.756 e. The van der Waals surface area contributed by atoms with E-state index in [0.717, 1.165) is 89.9 Å². The number of unbranched alkanes of at least 4 members (excludes halogenated alkanes) is 40. The SMILES string of the molecule is CCCCC/C=C\C/C=C\C/C=C\CCCCCCCCC(=O)OC(/C=C\CCCCCCCCCCCCC)C(COP(=O)([O-])OCC[N+](C)(C)C)NC(=O)CCCCCCCCCCCCCCCCCCC/C=C\C/C=C\CCCCC. The molecule has 0 bridgehead atoms. The van der Waals surface area contributed by atoms with E-state index in [2.05, 4.69) is 86.8 Å². The number of phosphoric ester groups is 1. The summed E-state index contributed by atoms with van der Waals surface area (Å²) in [4.78, 5) is 40.2. The molecule has 9 nitrogen and oxygen atoms in total. The molecule has 85 heavy (non-hydrogen) atoms. The van der Waals surface area contributed by atoms with Crippen molar-refractivity contribution in [1.29, 1.82) is 0 Å². The summed E-state index contributed by atoms with van der Waals surface area (Å²) in [5.41, 5.74) is 0. The third-order valence-corrected chi connectivity index (χ3v) is 17.1. The topological polar surface area (TPSA) is 114 Å². The monoisotopic (exact) mass is 1210 g/mol. The van der Waals surface area contributed by atoms with Gasteiger partial charge in [-0.3, -0.25) is 14.2 Å². The maximum Gasteiger partial charge on any atom is 0.306 e. The van der Waals surface area contributed by atoms with E-state index in [1.165, 1.54) is 218 Å². The van der Waals surface area contributed by atoms with Crippen LogP contribution in [0, 0.1) is 0 Å². The predicted molar refractivity (Wildman–Crippen MR) is 367 cm³/mol. The number of hydrogen-bond acceptors (Lipinski definition) is 7. The molecule has 0 aliphatic carbocycles. The average Bonchev–Trinajstić information content (AvgIpc) is 3.50. The van der Waals surface area contributed by atoms with E-state index in [0.29, 0.717) is 17.4 Å². The normalized spacial score (nSPS) is 13.9. The first-order valence-electron chi connectivity index (χ1n) is 36.2. The number of carbonyl (C=O) groups is 2. The number of carbonyl (C=O) groups excluding carboxylic acids is 2. The van der Waals surface area contributed by atoms with E-state index in [1.54, 1.807) is 0 Å². The smallest absolute Gasteiger partial charge is 0.306 e. The number of rotatable bonds is 66. The number of phosphoric acid groups is 1. The quantitative estimate of drug-likeness (QED) is 0.0212. The molecule has 1 N–H and O–H groups in total. The van der Waals surface area contributed by atoms with E-state index in [-0.39, 0.29) is 24.9 Å². The Bertz CT molecular complexity index is 1680. The number of likely N-dealkylation sites (N-methyl/N-ethyl adjacent to an activating group) is 1. The summed E-state index contributed by atoms with van der Waals surface area (Å²) in [6.07, 6.45) is 84.5. The highest BCUT2D eigenvalue weighted by Gasteiger charge is 2.27. The fraction of sp³-hybridized carbons (Fsp3) is 0.813. The fourth-order valence-electron chi connectivity index (χ4n) is 10.5. The molecule has 3 unspecified atom stereocenters. The summed E-state index contributed by atoms with van der Waals surface area (Å²) >= 11 is 0. The molecule has 0 aliphatic heterocycles. The van der Waals surface area contributed by atoms with Crippen molar-refractivity contribution < 1.29 is 37.3 Å². The third kappa shape index (κ3) is 65.7. The summed E-state index contributed by atoms with van der Waals surface area (Å²) in [7, 11) is 1.18. The molecular weight excluding hydrogens is 1070 g/mol. The zero-order chi connectivity index (χ0) is 62.1. The van der Waals surface area contributed by atoms with Crippen LogP contribution in [0.15, 0.2) is 72.9 Å². The van der Waals surface area contributed by atoms with E-state index in [4.69, 9.17) is 13.8 Å². The minimum absolute atomic E-state index is 0.0252. The molecule has 0 heterocycles. The Labute approximate surface area is 527 Å². The van der Waals surface area contributed by atoms with Crippen LogP contribution >= 0.6 is 7.82 Å². The van der Waals surface area contributed by atoms with Crippen LogP contribution in [0.2, 0.25) is 0 Å². The number of nitrogens with zero attached hydrogens (tertiary/aromatic N) is 1. The van der Waals surface area contributed by atoms with Crippen LogP contribution in [0.3, 0.4) is 0 Å². The van der Waals surface area contributed by atoms with Crippen molar-refractivity contribution in [2.75, 3.05) is 40.9 Å². The second-order valence-corrected chi connectivity index (χ2v) is 27.1. The van der Waals surface area contributed by atoms with Gasteiger partial charge in [-0.05, 0) is 102 Å². The van der Waals surface area contributed by atoms with E-state index in [1.807, 2.05) is 33.3 Å². The van der Waals surface area contributed by atoms with Gasteiger partial charge in [0.2, 0.25) is 5.91 Å². The summed E-state index contributed by atoms with van der Waals surface area (Å²) < 4.78 is 30.5. The van der Waals surface area contributed by atoms with Crippen molar-refractivity contribution in [2.24, 2.45) is 0 Å².